The van der Waals surface area contributed by atoms with Crippen molar-refractivity contribution in [3.8, 4) is 23.0 Å². The lowest BCUT2D eigenvalue weighted by Crippen LogP contribution is -2.39. The lowest BCUT2D eigenvalue weighted by molar-refractivity contribution is 0.0634. The second-order valence-corrected chi connectivity index (χ2v) is 8.03. The highest BCUT2D eigenvalue weighted by Gasteiger charge is 2.46. The lowest BCUT2D eigenvalue weighted by Gasteiger charge is -2.28. The van der Waals surface area contributed by atoms with E-state index in [0.717, 1.165) is 0 Å². The predicted molar refractivity (Wildman–Crippen MR) is 131 cm³/mol. The number of benzene rings is 3. The first-order valence-corrected chi connectivity index (χ1v) is 10.9. The van der Waals surface area contributed by atoms with Crippen LogP contribution in [0.2, 0.25) is 0 Å². The molecule has 3 rings (SSSR count). The molecule has 0 fully saturated rings. The molecule has 1 unspecified atom stereocenters. The second-order valence-electron chi connectivity index (χ2n) is 8.03. The van der Waals surface area contributed by atoms with Gasteiger partial charge in [0.15, 0.2) is 17.3 Å². The summed E-state index contributed by atoms with van der Waals surface area (Å²) in [6, 6.07) is 18.2. The Morgan fingerprint density at radius 1 is 0.600 bits per heavy atom. The van der Waals surface area contributed by atoms with Gasteiger partial charge < -0.3 is 18.9 Å². The van der Waals surface area contributed by atoms with Crippen molar-refractivity contribution in [1.82, 2.24) is 0 Å². The Bertz CT molecular complexity index is 1190. The van der Waals surface area contributed by atoms with Crippen LogP contribution in [0.3, 0.4) is 0 Å². The maximum atomic E-state index is 14.1. The molecule has 35 heavy (non-hydrogen) atoms. The van der Waals surface area contributed by atoms with E-state index in [0.29, 0.717) is 5.56 Å². The Labute approximate surface area is 204 Å². The largest absolute Gasteiger partial charge is 0.496 e. The van der Waals surface area contributed by atoms with Crippen LogP contribution < -0.4 is 18.9 Å². The van der Waals surface area contributed by atoms with Gasteiger partial charge in [-0.25, -0.2) is 0 Å². The van der Waals surface area contributed by atoms with Crippen LogP contribution in [0.1, 0.15) is 44.4 Å². The van der Waals surface area contributed by atoms with E-state index >= 15 is 0 Å². The van der Waals surface area contributed by atoms with Crippen LogP contribution in [0.4, 0.5) is 0 Å². The zero-order valence-corrected chi connectivity index (χ0v) is 20.4. The van der Waals surface area contributed by atoms with Crippen LogP contribution in [0.15, 0.2) is 66.7 Å². The first kappa shape index (κ1) is 25.5. The predicted octanol–water partition coefficient (Wildman–Crippen LogP) is 5.07. The van der Waals surface area contributed by atoms with Gasteiger partial charge in [-0.3, -0.25) is 14.4 Å². The summed E-state index contributed by atoms with van der Waals surface area (Å²) in [4.78, 5) is 41.6. The van der Waals surface area contributed by atoms with Crippen molar-refractivity contribution in [3.63, 3.8) is 0 Å². The Hall–Kier alpha value is -4.13. The number of hydrogen-bond acceptors (Lipinski definition) is 7. The number of rotatable bonds is 11. The highest BCUT2D eigenvalue weighted by molar-refractivity contribution is 6.23. The minimum atomic E-state index is -1.79. The number of carbonyl (C=O) groups excluding carboxylic acids is 3. The number of hydrogen-bond donors (Lipinski definition) is 0. The molecule has 0 bridgehead atoms. The van der Waals surface area contributed by atoms with Crippen molar-refractivity contribution >= 4 is 17.3 Å². The Balaban J connectivity index is 2.19. The summed E-state index contributed by atoms with van der Waals surface area (Å²) in [5.41, 5.74) is -1.24. The van der Waals surface area contributed by atoms with Gasteiger partial charge in [0, 0.05) is 12.0 Å². The molecule has 0 radical (unpaired) electrons. The summed E-state index contributed by atoms with van der Waals surface area (Å²) in [7, 11) is 5.72. The molecular weight excluding hydrogens is 448 g/mol. The highest BCUT2D eigenvalue weighted by Crippen LogP contribution is 2.41. The molecule has 0 aromatic heterocycles. The summed E-state index contributed by atoms with van der Waals surface area (Å²) in [5.74, 6) is -0.528. The first-order valence-electron chi connectivity index (χ1n) is 10.9. The summed E-state index contributed by atoms with van der Waals surface area (Å²) in [5, 5.41) is 0. The Kier molecular flexibility index (Phi) is 7.91. The van der Waals surface area contributed by atoms with Gasteiger partial charge in [0.05, 0.1) is 28.4 Å². The number of methoxy groups -OCH3 is 4. The van der Waals surface area contributed by atoms with E-state index < -0.39 is 29.2 Å². The first-order chi connectivity index (χ1) is 16.8. The van der Waals surface area contributed by atoms with Gasteiger partial charge in [-0.2, -0.15) is 0 Å². The summed E-state index contributed by atoms with van der Waals surface area (Å²) in [6.45, 7) is 1.47. The third kappa shape index (κ3) is 4.89. The maximum Gasteiger partial charge on any atom is 0.184 e. The van der Waals surface area contributed by atoms with Crippen molar-refractivity contribution in [2.75, 3.05) is 28.4 Å². The van der Waals surface area contributed by atoms with E-state index in [1.807, 2.05) is 0 Å². The van der Waals surface area contributed by atoms with Gasteiger partial charge in [0.1, 0.15) is 39.5 Å². The van der Waals surface area contributed by atoms with Crippen molar-refractivity contribution < 1.29 is 33.3 Å². The number of carbonyl (C=O) groups is 3. The fourth-order valence-electron chi connectivity index (χ4n) is 4.06. The highest BCUT2D eigenvalue weighted by atomic mass is 16.5. The van der Waals surface area contributed by atoms with E-state index in [1.54, 1.807) is 66.7 Å². The summed E-state index contributed by atoms with van der Waals surface area (Å²) in [6.07, 6.45) is -0.433. The molecule has 3 aromatic carbocycles. The van der Waals surface area contributed by atoms with Gasteiger partial charge in [0.2, 0.25) is 0 Å². The lowest BCUT2D eigenvalue weighted by atomic mass is 9.71. The smallest absolute Gasteiger partial charge is 0.184 e. The average Bonchev–Trinajstić information content (AvgIpc) is 2.91. The fraction of sp³-hybridized carbons (Fsp3) is 0.250. The van der Waals surface area contributed by atoms with E-state index in [9.17, 15) is 14.4 Å². The van der Waals surface area contributed by atoms with Gasteiger partial charge >= 0.3 is 0 Å². The van der Waals surface area contributed by atoms with Gasteiger partial charge in [-0.05, 0) is 31.2 Å². The van der Waals surface area contributed by atoms with Gasteiger partial charge in [-0.1, -0.05) is 42.5 Å². The summed E-state index contributed by atoms with van der Waals surface area (Å²) < 4.78 is 21.6. The minimum absolute atomic E-state index is 0.0871. The molecule has 7 heteroatoms. The topological polar surface area (TPSA) is 88.1 Å². The van der Waals surface area contributed by atoms with Crippen molar-refractivity contribution in [1.29, 1.82) is 0 Å². The number of ether oxygens (including phenoxy) is 4. The summed E-state index contributed by atoms with van der Waals surface area (Å²) >= 11 is 0. The van der Waals surface area contributed by atoms with Gasteiger partial charge in [-0.15, -0.1) is 0 Å². The molecule has 0 amide bonds. The second kappa shape index (κ2) is 10.9. The van der Waals surface area contributed by atoms with Crippen LogP contribution >= 0.6 is 0 Å². The zero-order valence-electron chi connectivity index (χ0n) is 20.4. The van der Waals surface area contributed by atoms with Crippen LogP contribution in [0.5, 0.6) is 23.0 Å². The van der Waals surface area contributed by atoms with Crippen LogP contribution in [0.25, 0.3) is 0 Å². The molecule has 3 aromatic rings. The van der Waals surface area contributed by atoms with Crippen LogP contribution in [-0.4, -0.2) is 45.8 Å². The molecule has 0 saturated heterocycles. The monoisotopic (exact) mass is 476 g/mol. The molecule has 0 saturated carbocycles. The third-order valence-corrected chi connectivity index (χ3v) is 5.91. The standard InChI is InChI=1S/C28H28O7/c1-28(26(30)18-11-7-6-8-12-18,27(31)25-22(34-4)15-10-16-23(25)35-5)17-19(29)24-20(32-2)13-9-14-21(24)33-3/h6-16H,17H2,1-5H3. The molecule has 0 aliphatic heterocycles. The molecule has 0 aliphatic carbocycles. The van der Waals surface area contributed by atoms with E-state index in [-0.39, 0.29) is 34.1 Å². The van der Waals surface area contributed by atoms with E-state index in [4.69, 9.17) is 18.9 Å². The van der Waals surface area contributed by atoms with Crippen LogP contribution in [0, 0.1) is 5.41 Å². The molecule has 0 N–H and O–H groups in total. The minimum Gasteiger partial charge on any atom is -0.496 e. The Morgan fingerprint density at radius 2 is 1.03 bits per heavy atom. The molecular formula is C28H28O7. The number of Topliss-reactive ketones (excluding diaryl/α,β-unsaturated/α-hetero) is 3. The van der Waals surface area contributed by atoms with E-state index in [2.05, 4.69) is 0 Å². The van der Waals surface area contributed by atoms with Crippen LogP contribution in [-0.2, 0) is 0 Å². The van der Waals surface area contributed by atoms with Gasteiger partial charge in [0.25, 0.3) is 0 Å². The normalized spacial score (nSPS) is 12.3. The van der Waals surface area contributed by atoms with E-state index in [1.165, 1.54) is 35.4 Å². The number of ketones is 3. The van der Waals surface area contributed by atoms with Crippen molar-refractivity contribution in [2.45, 2.75) is 13.3 Å². The molecule has 0 aliphatic rings. The van der Waals surface area contributed by atoms with Crippen molar-refractivity contribution in [3.05, 3.63) is 83.4 Å². The fourth-order valence-corrected chi connectivity index (χ4v) is 4.06. The molecule has 1 atom stereocenters. The zero-order chi connectivity index (χ0) is 25.6. The quantitative estimate of drug-likeness (QED) is 0.282. The molecule has 7 nitrogen and oxygen atoms in total. The SMILES string of the molecule is COc1cccc(OC)c1C(=O)CC(C)(C(=O)c1ccccc1)C(=O)c1c(OC)cccc1OC. The molecule has 0 heterocycles. The molecule has 182 valence electrons. The third-order valence-electron chi connectivity index (χ3n) is 5.91. The van der Waals surface area contributed by atoms with Crippen molar-refractivity contribution in [2.24, 2.45) is 5.41 Å². The maximum absolute atomic E-state index is 14.1. The molecule has 0 spiro atoms. The average molecular weight is 477 g/mol. The Morgan fingerprint density at radius 3 is 1.46 bits per heavy atom.